The van der Waals surface area contributed by atoms with Crippen molar-refractivity contribution in [2.45, 2.75) is 64.6 Å². The Balaban J connectivity index is 2.16. The normalized spacial score (nSPS) is 21.0. The average molecular weight is 199 g/mol. The largest absolute Gasteiger partial charge is 0.375 e. The summed E-state index contributed by atoms with van der Waals surface area (Å²) < 4.78 is 6.10. The number of hydrogen-bond donors (Lipinski definition) is 1. The second-order valence-electron chi connectivity index (χ2n) is 4.26. The molecule has 0 bridgehead atoms. The average Bonchev–Trinajstić information content (AvgIpc) is 2.25. The predicted octanol–water partition coefficient (Wildman–Crippen LogP) is 2.72. The molecule has 2 heteroatoms. The van der Waals surface area contributed by atoms with Gasteiger partial charge in [-0.05, 0) is 38.8 Å². The summed E-state index contributed by atoms with van der Waals surface area (Å²) in [4.78, 5) is 0. The zero-order chi connectivity index (χ0) is 10.2. The Morgan fingerprint density at radius 2 is 2.00 bits per heavy atom. The van der Waals surface area contributed by atoms with Crippen LogP contribution in [-0.2, 0) is 4.74 Å². The Hall–Kier alpha value is -0.0800. The highest BCUT2D eigenvalue weighted by atomic mass is 16.5. The summed E-state index contributed by atoms with van der Waals surface area (Å²) in [5.74, 6) is 0. The van der Waals surface area contributed by atoms with Crippen LogP contribution in [0.3, 0.4) is 0 Å². The highest BCUT2D eigenvalue weighted by Gasteiger charge is 2.17. The molecular formula is C12H25NO. The van der Waals surface area contributed by atoms with Crippen LogP contribution in [0.25, 0.3) is 0 Å². The molecule has 0 radical (unpaired) electrons. The van der Waals surface area contributed by atoms with E-state index in [0.717, 1.165) is 13.1 Å². The first-order valence-electron chi connectivity index (χ1n) is 6.23. The van der Waals surface area contributed by atoms with Crippen molar-refractivity contribution in [1.82, 2.24) is 5.32 Å². The van der Waals surface area contributed by atoms with Crippen LogP contribution >= 0.6 is 0 Å². The van der Waals surface area contributed by atoms with E-state index in [1.54, 1.807) is 0 Å². The number of piperidine rings is 1. The van der Waals surface area contributed by atoms with Crippen molar-refractivity contribution >= 4 is 0 Å². The summed E-state index contributed by atoms with van der Waals surface area (Å²) >= 11 is 0. The maximum atomic E-state index is 6.10. The van der Waals surface area contributed by atoms with Gasteiger partial charge in [0, 0.05) is 0 Å². The number of rotatable bonds is 6. The van der Waals surface area contributed by atoms with Gasteiger partial charge in [-0.25, -0.2) is 0 Å². The monoisotopic (exact) mass is 199 g/mol. The van der Waals surface area contributed by atoms with Gasteiger partial charge in [-0.2, -0.15) is 0 Å². The maximum Gasteiger partial charge on any atom is 0.0603 e. The summed E-state index contributed by atoms with van der Waals surface area (Å²) in [5, 5.41) is 3.37. The molecule has 1 unspecified atom stereocenters. The van der Waals surface area contributed by atoms with Crippen molar-refractivity contribution in [2.24, 2.45) is 0 Å². The van der Waals surface area contributed by atoms with E-state index in [2.05, 4.69) is 19.2 Å². The van der Waals surface area contributed by atoms with Crippen LogP contribution < -0.4 is 5.32 Å². The molecule has 1 heterocycles. The van der Waals surface area contributed by atoms with Crippen molar-refractivity contribution in [3.05, 3.63) is 0 Å². The predicted molar refractivity (Wildman–Crippen MR) is 60.6 cm³/mol. The third-order valence-electron chi connectivity index (χ3n) is 3.01. The standard InChI is InChI=1S/C12H25NO/c1-3-5-6-11(4-2)14-12-7-9-13-10-8-12/h11-13H,3-10H2,1-2H3. The second kappa shape index (κ2) is 7.24. The molecule has 0 aromatic heterocycles. The number of unbranched alkanes of at least 4 members (excludes halogenated alkanes) is 1. The minimum Gasteiger partial charge on any atom is -0.375 e. The lowest BCUT2D eigenvalue weighted by molar-refractivity contribution is -0.0323. The zero-order valence-corrected chi connectivity index (χ0v) is 9.72. The van der Waals surface area contributed by atoms with Gasteiger partial charge in [-0.15, -0.1) is 0 Å². The highest BCUT2D eigenvalue weighted by Crippen LogP contribution is 2.15. The van der Waals surface area contributed by atoms with Gasteiger partial charge in [-0.1, -0.05) is 26.7 Å². The van der Waals surface area contributed by atoms with E-state index in [1.807, 2.05) is 0 Å². The Morgan fingerprint density at radius 3 is 2.57 bits per heavy atom. The SMILES string of the molecule is CCCCC(CC)OC1CCNCC1. The molecule has 1 rings (SSSR count). The number of hydrogen-bond acceptors (Lipinski definition) is 2. The number of ether oxygens (including phenoxy) is 1. The first-order valence-corrected chi connectivity index (χ1v) is 6.23. The third kappa shape index (κ3) is 4.43. The molecular weight excluding hydrogens is 174 g/mol. The Labute approximate surface area is 88.4 Å². The highest BCUT2D eigenvalue weighted by molar-refractivity contribution is 4.70. The summed E-state index contributed by atoms with van der Waals surface area (Å²) in [6.45, 7) is 6.75. The third-order valence-corrected chi connectivity index (χ3v) is 3.01. The molecule has 84 valence electrons. The van der Waals surface area contributed by atoms with Crippen molar-refractivity contribution in [1.29, 1.82) is 0 Å². The molecule has 0 aromatic rings. The van der Waals surface area contributed by atoms with Crippen molar-refractivity contribution in [3.8, 4) is 0 Å². The molecule has 1 fully saturated rings. The molecule has 14 heavy (non-hydrogen) atoms. The lowest BCUT2D eigenvalue weighted by Gasteiger charge is -2.27. The maximum absolute atomic E-state index is 6.10. The van der Waals surface area contributed by atoms with Gasteiger partial charge >= 0.3 is 0 Å². The van der Waals surface area contributed by atoms with Crippen molar-refractivity contribution < 1.29 is 4.74 Å². The van der Waals surface area contributed by atoms with Crippen molar-refractivity contribution in [2.75, 3.05) is 13.1 Å². The second-order valence-corrected chi connectivity index (χ2v) is 4.26. The number of nitrogens with one attached hydrogen (secondary N) is 1. The van der Waals surface area contributed by atoms with E-state index in [-0.39, 0.29) is 0 Å². The summed E-state index contributed by atoms with van der Waals surface area (Å²) in [6, 6.07) is 0. The van der Waals surface area contributed by atoms with Gasteiger partial charge in [0.05, 0.1) is 12.2 Å². The van der Waals surface area contributed by atoms with Crippen LogP contribution in [-0.4, -0.2) is 25.3 Å². The fourth-order valence-corrected chi connectivity index (χ4v) is 2.00. The molecule has 1 N–H and O–H groups in total. The van der Waals surface area contributed by atoms with Crippen molar-refractivity contribution in [3.63, 3.8) is 0 Å². The fourth-order valence-electron chi connectivity index (χ4n) is 2.00. The first-order chi connectivity index (χ1) is 6.86. The topological polar surface area (TPSA) is 21.3 Å². The molecule has 1 atom stereocenters. The lowest BCUT2D eigenvalue weighted by atomic mass is 10.1. The molecule has 0 aromatic carbocycles. The summed E-state index contributed by atoms with van der Waals surface area (Å²) in [6.07, 6.45) is 8.44. The zero-order valence-electron chi connectivity index (χ0n) is 9.72. The van der Waals surface area contributed by atoms with Gasteiger partial charge < -0.3 is 10.1 Å². The van der Waals surface area contributed by atoms with Crippen LogP contribution in [0, 0.1) is 0 Å². The quantitative estimate of drug-likeness (QED) is 0.710. The molecule has 1 saturated heterocycles. The van der Waals surface area contributed by atoms with E-state index in [0.29, 0.717) is 12.2 Å². The fraction of sp³-hybridized carbons (Fsp3) is 1.00. The smallest absolute Gasteiger partial charge is 0.0603 e. The van der Waals surface area contributed by atoms with E-state index in [4.69, 9.17) is 4.74 Å². The van der Waals surface area contributed by atoms with Crippen LogP contribution in [0.1, 0.15) is 52.4 Å². The Morgan fingerprint density at radius 1 is 1.29 bits per heavy atom. The van der Waals surface area contributed by atoms with Crippen LogP contribution in [0.15, 0.2) is 0 Å². The van der Waals surface area contributed by atoms with Crippen LogP contribution in [0.5, 0.6) is 0 Å². The summed E-state index contributed by atoms with van der Waals surface area (Å²) in [5.41, 5.74) is 0. The molecule has 0 saturated carbocycles. The first kappa shape index (κ1) is 12.0. The molecule has 2 nitrogen and oxygen atoms in total. The lowest BCUT2D eigenvalue weighted by Crippen LogP contribution is -2.34. The molecule has 0 spiro atoms. The van der Waals surface area contributed by atoms with E-state index >= 15 is 0 Å². The van der Waals surface area contributed by atoms with Crippen LogP contribution in [0.4, 0.5) is 0 Å². The van der Waals surface area contributed by atoms with Gasteiger partial charge in [0.1, 0.15) is 0 Å². The molecule has 0 amide bonds. The van der Waals surface area contributed by atoms with Gasteiger partial charge in [0.25, 0.3) is 0 Å². The Bertz CT molecular complexity index is 132. The minimum atomic E-state index is 0.512. The molecule has 1 aliphatic rings. The van der Waals surface area contributed by atoms with Gasteiger partial charge in [0.2, 0.25) is 0 Å². The van der Waals surface area contributed by atoms with E-state index in [1.165, 1.54) is 38.5 Å². The minimum absolute atomic E-state index is 0.512. The van der Waals surface area contributed by atoms with E-state index < -0.39 is 0 Å². The Kier molecular flexibility index (Phi) is 6.20. The van der Waals surface area contributed by atoms with E-state index in [9.17, 15) is 0 Å². The van der Waals surface area contributed by atoms with Gasteiger partial charge in [0.15, 0.2) is 0 Å². The molecule has 1 aliphatic heterocycles. The molecule has 0 aliphatic carbocycles. The summed E-state index contributed by atoms with van der Waals surface area (Å²) in [7, 11) is 0. The van der Waals surface area contributed by atoms with Gasteiger partial charge in [-0.3, -0.25) is 0 Å². The van der Waals surface area contributed by atoms with Crippen LogP contribution in [0.2, 0.25) is 0 Å².